The van der Waals surface area contributed by atoms with Crippen LogP contribution < -0.4 is 0 Å². The maximum absolute atomic E-state index is 5.65. The van der Waals surface area contributed by atoms with E-state index in [2.05, 4.69) is 63.3 Å². The molecule has 0 radical (unpaired) electrons. The number of nitrogens with zero attached hydrogens (tertiary/aromatic N) is 3. The molecule has 2 heterocycles. The van der Waals surface area contributed by atoms with Crippen molar-refractivity contribution in [1.82, 2.24) is 14.8 Å². The molecule has 0 atom stereocenters. The average molecular weight is 416 g/mol. The number of hydrogen-bond donors (Lipinski definition) is 0. The molecule has 0 N–H and O–H groups in total. The molecule has 1 aliphatic rings. The van der Waals surface area contributed by atoms with Crippen molar-refractivity contribution in [3.8, 4) is 22.7 Å². The van der Waals surface area contributed by atoms with E-state index in [1.54, 1.807) is 18.0 Å². The van der Waals surface area contributed by atoms with Gasteiger partial charge in [-0.2, -0.15) is 0 Å². The minimum Gasteiger partial charge on any atom is -0.461 e. The van der Waals surface area contributed by atoms with Crippen molar-refractivity contribution >= 4 is 11.8 Å². The van der Waals surface area contributed by atoms with E-state index >= 15 is 0 Å². The molecule has 4 nitrogen and oxygen atoms in total. The Morgan fingerprint density at radius 1 is 0.833 bits per heavy atom. The summed E-state index contributed by atoms with van der Waals surface area (Å²) >= 11 is 1.76. The molecule has 2 aromatic heterocycles. The first-order chi connectivity index (χ1) is 14.9. The fourth-order valence-corrected chi connectivity index (χ4v) is 5.15. The molecule has 0 spiro atoms. The van der Waals surface area contributed by atoms with Crippen molar-refractivity contribution in [3.05, 3.63) is 78.6 Å². The Morgan fingerprint density at radius 3 is 2.33 bits per heavy atom. The van der Waals surface area contributed by atoms with Crippen molar-refractivity contribution < 1.29 is 4.42 Å². The third-order valence-corrected chi connectivity index (χ3v) is 6.79. The smallest absolute Gasteiger partial charge is 0.200 e. The third kappa shape index (κ3) is 4.08. The summed E-state index contributed by atoms with van der Waals surface area (Å²) < 4.78 is 7.97. The minimum absolute atomic E-state index is 0.455. The highest BCUT2D eigenvalue weighted by Gasteiger charge is 2.24. The van der Waals surface area contributed by atoms with Gasteiger partial charge in [-0.25, -0.2) is 0 Å². The zero-order chi connectivity index (χ0) is 20.2. The van der Waals surface area contributed by atoms with Crippen molar-refractivity contribution in [2.24, 2.45) is 0 Å². The van der Waals surface area contributed by atoms with Gasteiger partial charge in [0.25, 0.3) is 0 Å². The van der Waals surface area contributed by atoms with Crippen LogP contribution in [0.15, 0.2) is 82.6 Å². The molecule has 1 fully saturated rings. The van der Waals surface area contributed by atoms with Crippen LogP contribution in [0.4, 0.5) is 0 Å². The van der Waals surface area contributed by atoms with Crippen molar-refractivity contribution in [2.75, 3.05) is 0 Å². The summed E-state index contributed by atoms with van der Waals surface area (Å²) in [5, 5.41) is 10.0. The predicted molar refractivity (Wildman–Crippen MR) is 121 cm³/mol. The summed E-state index contributed by atoms with van der Waals surface area (Å²) in [5.74, 6) is 2.53. The van der Waals surface area contributed by atoms with E-state index in [0.29, 0.717) is 6.04 Å². The molecule has 0 unspecified atom stereocenters. The van der Waals surface area contributed by atoms with Gasteiger partial charge in [0.05, 0.1) is 6.26 Å². The number of furan rings is 1. The summed E-state index contributed by atoms with van der Waals surface area (Å²) in [6, 6.07) is 23.7. The van der Waals surface area contributed by atoms with Crippen LogP contribution in [0.3, 0.4) is 0 Å². The maximum atomic E-state index is 5.65. The summed E-state index contributed by atoms with van der Waals surface area (Å²) in [5.41, 5.74) is 3.78. The lowest BCUT2D eigenvalue weighted by molar-refractivity contribution is 0.337. The van der Waals surface area contributed by atoms with Crippen LogP contribution in [0, 0.1) is 0 Å². The van der Waals surface area contributed by atoms with Crippen LogP contribution in [-0.4, -0.2) is 14.8 Å². The number of benzene rings is 2. The molecule has 4 aromatic rings. The molecule has 1 saturated carbocycles. The van der Waals surface area contributed by atoms with Crippen LogP contribution in [0.1, 0.15) is 43.7 Å². The quantitative estimate of drug-likeness (QED) is 0.318. The molecule has 152 valence electrons. The first-order valence-corrected chi connectivity index (χ1v) is 11.6. The van der Waals surface area contributed by atoms with Crippen LogP contribution in [0.2, 0.25) is 0 Å². The first-order valence-electron chi connectivity index (χ1n) is 10.6. The van der Waals surface area contributed by atoms with E-state index in [9.17, 15) is 0 Å². The van der Waals surface area contributed by atoms with E-state index in [1.165, 1.54) is 48.8 Å². The van der Waals surface area contributed by atoms with Crippen molar-refractivity contribution in [1.29, 1.82) is 0 Å². The van der Waals surface area contributed by atoms with E-state index in [-0.39, 0.29) is 0 Å². The minimum atomic E-state index is 0.455. The Hall–Kier alpha value is -2.79. The number of hydrogen-bond acceptors (Lipinski definition) is 4. The predicted octanol–water partition coefficient (Wildman–Crippen LogP) is 7.00. The normalized spacial score (nSPS) is 14.8. The van der Waals surface area contributed by atoms with Crippen LogP contribution in [0.25, 0.3) is 22.7 Å². The van der Waals surface area contributed by atoms with E-state index in [0.717, 1.165) is 22.5 Å². The summed E-state index contributed by atoms with van der Waals surface area (Å²) in [6.07, 6.45) is 7.94. The van der Waals surface area contributed by atoms with Gasteiger partial charge in [-0.1, -0.05) is 85.6 Å². The lowest BCUT2D eigenvalue weighted by atomic mass is 9.95. The molecule has 30 heavy (non-hydrogen) atoms. The molecule has 1 aliphatic carbocycles. The summed E-state index contributed by atoms with van der Waals surface area (Å²) in [4.78, 5) is 0. The number of rotatable bonds is 6. The Kier molecular flexibility index (Phi) is 5.71. The topological polar surface area (TPSA) is 43.9 Å². The highest BCUT2D eigenvalue weighted by molar-refractivity contribution is 7.98. The Morgan fingerprint density at radius 2 is 1.60 bits per heavy atom. The van der Waals surface area contributed by atoms with E-state index in [1.807, 2.05) is 18.2 Å². The van der Waals surface area contributed by atoms with Gasteiger partial charge in [0.1, 0.15) is 0 Å². The highest BCUT2D eigenvalue weighted by Crippen LogP contribution is 2.36. The van der Waals surface area contributed by atoms with Gasteiger partial charge in [-0.3, -0.25) is 4.57 Å². The van der Waals surface area contributed by atoms with E-state index in [4.69, 9.17) is 4.42 Å². The first kappa shape index (κ1) is 19.2. The SMILES string of the molecule is c1ccc(-c2ccc(CSc3nnc(-c4ccco4)n3C3CCCCC3)cc2)cc1. The lowest BCUT2D eigenvalue weighted by Gasteiger charge is -2.25. The monoisotopic (exact) mass is 415 g/mol. The lowest BCUT2D eigenvalue weighted by Crippen LogP contribution is -2.15. The van der Waals surface area contributed by atoms with Crippen LogP contribution >= 0.6 is 11.8 Å². The molecule has 0 bridgehead atoms. The summed E-state index contributed by atoms with van der Waals surface area (Å²) in [7, 11) is 0. The van der Waals surface area contributed by atoms with Gasteiger partial charge in [-0.15, -0.1) is 10.2 Å². The van der Waals surface area contributed by atoms with Gasteiger partial charge in [0.2, 0.25) is 5.82 Å². The summed E-state index contributed by atoms with van der Waals surface area (Å²) in [6.45, 7) is 0. The standard InChI is InChI=1S/C25H25N3OS/c1-3-8-20(9-4-1)21-15-13-19(14-16-21)18-30-25-27-26-24(23-12-7-17-29-23)28(25)22-10-5-2-6-11-22/h1,3-4,7-9,12-17,22H,2,5-6,10-11,18H2. The van der Waals surface area contributed by atoms with Gasteiger partial charge in [0, 0.05) is 11.8 Å². The highest BCUT2D eigenvalue weighted by atomic mass is 32.2. The van der Waals surface area contributed by atoms with Gasteiger partial charge in [-0.05, 0) is 41.7 Å². The second kappa shape index (κ2) is 8.92. The van der Waals surface area contributed by atoms with Crippen LogP contribution in [0.5, 0.6) is 0 Å². The zero-order valence-electron chi connectivity index (χ0n) is 16.9. The number of aromatic nitrogens is 3. The average Bonchev–Trinajstić information content (AvgIpc) is 3.49. The molecule has 2 aromatic carbocycles. The Bertz CT molecular complexity index is 1070. The molecule has 5 heteroatoms. The fraction of sp³-hybridized carbons (Fsp3) is 0.280. The maximum Gasteiger partial charge on any atom is 0.200 e. The molecule has 0 amide bonds. The molecular formula is C25H25N3OS. The van der Waals surface area contributed by atoms with Gasteiger partial charge in [0.15, 0.2) is 10.9 Å². The second-order valence-electron chi connectivity index (χ2n) is 7.80. The molecule has 0 aliphatic heterocycles. The largest absolute Gasteiger partial charge is 0.461 e. The van der Waals surface area contributed by atoms with Crippen molar-refractivity contribution in [3.63, 3.8) is 0 Å². The molecule has 0 saturated heterocycles. The zero-order valence-corrected chi connectivity index (χ0v) is 17.7. The van der Waals surface area contributed by atoms with E-state index < -0.39 is 0 Å². The third-order valence-electron chi connectivity index (χ3n) is 5.77. The second-order valence-corrected chi connectivity index (χ2v) is 8.74. The Labute approximate surface area is 181 Å². The molecule has 5 rings (SSSR count). The Balaban J connectivity index is 1.36. The van der Waals surface area contributed by atoms with Gasteiger partial charge >= 0.3 is 0 Å². The molecular weight excluding hydrogens is 390 g/mol. The van der Waals surface area contributed by atoms with Gasteiger partial charge < -0.3 is 4.42 Å². The van der Waals surface area contributed by atoms with Crippen molar-refractivity contribution in [2.45, 2.75) is 49.1 Å². The fourth-order valence-electron chi connectivity index (χ4n) is 4.19. The number of thioether (sulfide) groups is 1. The van der Waals surface area contributed by atoms with Crippen LogP contribution in [-0.2, 0) is 5.75 Å².